The Kier molecular flexibility index (Phi) is 6.43. The highest BCUT2D eigenvalue weighted by molar-refractivity contribution is 7.89. The maximum Gasteiger partial charge on any atom is 0.262 e. The summed E-state index contributed by atoms with van der Waals surface area (Å²) in [5.41, 5.74) is 0.575. The maximum absolute atomic E-state index is 12.6. The third kappa shape index (κ3) is 4.76. The first-order valence-electron chi connectivity index (χ1n) is 8.76. The summed E-state index contributed by atoms with van der Waals surface area (Å²) in [6, 6.07) is 11.2. The lowest BCUT2D eigenvalue weighted by Crippen LogP contribution is -2.27. The molecule has 0 aromatic heterocycles. The molecule has 1 saturated heterocycles. The summed E-state index contributed by atoms with van der Waals surface area (Å²) in [5, 5.41) is 2.82. The van der Waals surface area contributed by atoms with Crippen LogP contribution in [0.1, 0.15) is 12.8 Å². The minimum absolute atomic E-state index is 0.118. The zero-order valence-corrected chi connectivity index (χ0v) is 16.9. The molecule has 1 fully saturated rings. The Bertz CT molecular complexity index is 959. The van der Waals surface area contributed by atoms with E-state index in [0.717, 1.165) is 12.8 Å². The Morgan fingerprint density at radius 3 is 2.61 bits per heavy atom. The molecule has 3 rings (SSSR count). The molecule has 1 heterocycles. The van der Waals surface area contributed by atoms with Crippen molar-refractivity contribution in [3.63, 3.8) is 0 Å². The molecule has 1 N–H and O–H groups in total. The van der Waals surface area contributed by atoms with E-state index in [-0.39, 0.29) is 28.2 Å². The molecular formula is C19H21ClN2O5S. The first-order valence-corrected chi connectivity index (χ1v) is 10.6. The lowest BCUT2D eigenvalue weighted by atomic mass is 10.3. The Hall–Kier alpha value is -2.29. The lowest BCUT2D eigenvalue weighted by Gasteiger charge is -2.16. The highest BCUT2D eigenvalue weighted by Crippen LogP contribution is 2.30. The van der Waals surface area contributed by atoms with Crippen LogP contribution in [-0.4, -0.2) is 45.4 Å². The van der Waals surface area contributed by atoms with Gasteiger partial charge in [0.1, 0.15) is 11.5 Å². The van der Waals surface area contributed by atoms with Gasteiger partial charge in [0, 0.05) is 24.8 Å². The summed E-state index contributed by atoms with van der Waals surface area (Å²) in [4.78, 5) is 12.2. The van der Waals surface area contributed by atoms with E-state index in [9.17, 15) is 13.2 Å². The van der Waals surface area contributed by atoms with Crippen molar-refractivity contribution < 1.29 is 22.7 Å². The van der Waals surface area contributed by atoms with Crippen LogP contribution >= 0.6 is 11.6 Å². The van der Waals surface area contributed by atoms with Crippen molar-refractivity contribution in [1.82, 2.24) is 4.31 Å². The molecule has 0 radical (unpaired) electrons. The van der Waals surface area contributed by atoms with Gasteiger partial charge >= 0.3 is 0 Å². The average molecular weight is 425 g/mol. The van der Waals surface area contributed by atoms with E-state index in [1.807, 2.05) is 0 Å². The molecule has 0 spiro atoms. The molecule has 150 valence electrons. The number of benzene rings is 2. The van der Waals surface area contributed by atoms with Crippen LogP contribution in [0, 0.1) is 0 Å². The van der Waals surface area contributed by atoms with Crippen molar-refractivity contribution in [2.75, 3.05) is 32.1 Å². The van der Waals surface area contributed by atoms with E-state index in [1.54, 1.807) is 31.4 Å². The number of ether oxygens (including phenoxy) is 2. The van der Waals surface area contributed by atoms with Gasteiger partial charge < -0.3 is 14.8 Å². The molecule has 1 aliphatic rings. The normalized spacial score (nSPS) is 14.6. The van der Waals surface area contributed by atoms with Crippen LogP contribution in [0.3, 0.4) is 0 Å². The largest absolute Gasteiger partial charge is 0.497 e. The van der Waals surface area contributed by atoms with Crippen molar-refractivity contribution in [2.45, 2.75) is 17.7 Å². The van der Waals surface area contributed by atoms with Gasteiger partial charge in [-0.15, -0.1) is 0 Å². The summed E-state index contributed by atoms with van der Waals surface area (Å²) in [7, 11) is -2.01. The Labute approximate surface area is 169 Å². The Balaban J connectivity index is 1.62. The summed E-state index contributed by atoms with van der Waals surface area (Å²) < 4.78 is 37.1. The minimum atomic E-state index is -3.55. The topological polar surface area (TPSA) is 84.9 Å². The molecule has 1 aliphatic heterocycles. The molecule has 9 heteroatoms. The quantitative estimate of drug-likeness (QED) is 0.738. The molecule has 7 nitrogen and oxygen atoms in total. The van der Waals surface area contributed by atoms with Crippen LogP contribution in [0.5, 0.6) is 11.5 Å². The number of sulfonamides is 1. The second kappa shape index (κ2) is 8.81. The van der Waals surface area contributed by atoms with Gasteiger partial charge in [-0.05, 0) is 43.2 Å². The Morgan fingerprint density at radius 1 is 1.18 bits per heavy atom. The van der Waals surface area contributed by atoms with Crippen LogP contribution < -0.4 is 14.8 Å². The SMILES string of the molecule is COc1cccc(NC(=O)COc2ccc(S(=O)(=O)N3CCCC3)cc2Cl)c1. The Morgan fingerprint density at radius 2 is 1.93 bits per heavy atom. The highest BCUT2D eigenvalue weighted by Gasteiger charge is 2.27. The second-order valence-corrected chi connectivity index (χ2v) is 8.62. The smallest absolute Gasteiger partial charge is 0.262 e. The van der Waals surface area contributed by atoms with E-state index in [0.29, 0.717) is 24.5 Å². The number of anilines is 1. The summed E-state index contributed by atoms with van der Waals surface area (Å²) in [5.74, 6) is 0.484. The van der Waals surface area contributed by atoms with E-state index in [4.69, 9.17) is 21.1 Å². The zero-order valence-electron chi connectivity index (χ0n) is 15.4. The lowest BCUT2D eigenvalue weighted by molar-refractivity contribution is -0.118. The zero-order chi connectivity index (χ0) is 20.1. The predicted molar refractivity (Wildman–Crippen MR) is 107 cm³/mol. The molecule has 2 aromatic rings. The fourth-order valence-corrected chi connectivity index (χ4v) is 4.72. The van der Waals surface area contributed by atoms with Crippen LogP contribution in [0.2, 0.25) is 5.02 Å². The van der Waals surface area contributed by atoms with Gasteiger partial charge in [-0.1, -0.05) is 17.7 Å². The number of rotatable bonds is 7. The van der Waals surface area contributed by atoms with Crippen LogP contribution in [-0.2, 0) is 14.8 Å². The molecule has 0 aliphatic carbocycles. The molecule has 1 amide bonds. The van der Waals surface area contributed by atoms with E-state index in [2.05, 4.69) is 5.32 Å². The number of hydrogen-bond acceptors (Lipinski definition) is 5. The second-order valence-electron chi connectivity index (χ2n) is 6.27. The number of halogens is 1. The first kappa shape index (κ1) is 20.4. The number of amides is 1. The maximum atomic E-state index is 12.6. The van der Waals surface area contributed by atoms with Gasteiger partial charge in [0.2, 0.25) is 10.0 Å². The first-order chi connectivity index (χ1) is 13.4. The van der Waals surface area contributed by atoms with Gasteiger partial charge in [0.05, 0.1) is 17.0 Å². The van der Waals surface area contributed by atoms with Gasteiger partial charge in [0.25, 0.3) is 5.91 Å². The fourth-order valence-electron chi connectivity index (χ4n) is 2.88. The van der Waals surface area contributed by atoms with Crippen molar-refractivity contribution >= 4 is 33.2 Å². The summed E-state index contributed by atoms with van der Waals surface area (Å²) in [6.45, 7) is 0.764. The molecule has 28 heavy (non-hydrogen) atoms. The summed E-state index contributed by atoms with van der Waals surface area (Å²) >= 11 is 6.17. The highest BCUT2D eigenvalue weighted by atomic mass is 35.5. The number of carbonyl (C=O) groups is 1. The van der Waals surface area contributed by atoms with E-state index >= 15 is 0 Å². The third-order valence-corrected chi connectivity index (χ3v) is 6.51. The van der Waals surface area contributed by atoms with E-state index in [1.165, 1.54) is 22.5 Å². The number of hydrogen-bond donors (Lipinski definition) is 1. The average Bonchev–Trinajstić information content (AvgIpc) is 3.23. The monoisotopic (exact) mass is 424 g/mol. The standard InChI is InChI=1S/C19H21ClN2O5S/c1-26-15-6-4-5-14(11-15)21-19(23)13-27-18-8-7-16(12-17(18)20)28(24,25)22-9-2-3-10-22/h4-8,11-12H,2-3,9-10,13H2,1H3,(H,21,23). The fraction of sp³-hybridized carbons (Fsp3) is 0.316. The molecule has 0 bridgehead atoms. The number of methoxy groups -OCH3 is 1. The number of nitrogens with zero attached hydrogens (tertiary/aromatic N) is 1. The predicted octanol–water partition coefficient (Wildman–Crippen LogP) is 3.15. The van der Waals surface area contributed by atoms with Crippen molar-refractivity contribution in [3.05, 3.63) is 47.5 Å². The van der Waals surface area contributed by atoms with Gasteiger partial charge in [-0.2, -0.15) is 4.31 Å². The number of nitrogens with one attached hydrogen (secondary N) is 1. The summed E-state index contributed by atoms with van der Waals surface area (Å²) in [6.07, 6.45) is 1.72. The molecule has 0 unspecified atom stereocenters. The van der Waals surface area contributed by atoms with Crippen molar-refractivity contribution in [1.29, 1.82) is 0 Å². The molecule has 2 aromatic carbocycles. The minimum Gasteiger partial charge on any atom is -0.497 e. The van der Waals surface area contributed by atoms with Crippen LogP contribution in [0.4, 0.5) is 5.69 Å². The third-order valence-electron chi connectivity index (χ3n) is 4.32. The van der Waals surface area contributed by atoms with Gasteiger partial charge in [-0.25, -0.2) is 8.42 Å². The van der Waals surface area contributed by atoms with Gasteiger partial charge in [0.15, 0.2) is 6.61 Å². The van der Waals surface area contributed by atoms with Crippen LogP contribution in [0.15, 0.2) is 47.4 Å². The van der Waals surface area contributed by atoms with Gasteiger partial charge in [-0.3, -0.25) is 4.79 Å². The van der Waals surface area contributed by atoms with Crippen molar-refractivity contribution in [3.8, 4) is 11.5 Å². The number of carbonyl (C=O) groups excluding carboxylic acids is 1. The van der Waals surface area contributed by atoms with Crippen LogP contribution in [0.25, 0.3) is 0 Å². The molecule has 0 saturated carbocycles. The molecule has 0 atom stereocenters. The van der Waals surface area contributed by atoms with E-state index < -0.39 is 10.0 Å². The molecular weight excluding hydrogens is 404 g/mol. The van der Waals surface area contributed by atoms with Crippen molar-refractivity contribution in [2.24, 2.45) is 0 Å².